The van der Waals surface area contributed by atoms with Crippen molar-refractivity contribution in [1.29, 1.82) is 0 Å². The van der Waals surface area contributed by atoms with Crippen molar-refractivity contribution in [2.24, 2.45) is 10.8 Å². The minimum Gasteiger partial charge on any atom is -0.369 e. The molecule has 3 amide bonds. The van der Waals surface area contributed by atoms with Gasteiger partial charge in [-0.1, -0.05) is 6.92 Å². The van der Waals surface area contributed by atoms with Crippen LogP contribution in [-0.2, 0) is 9.59 Å². The number of hydrogen-bond acceptors (Lipinski definition) is 4. The van der Waals surface area contributed by atoms with Gasteiger partial charge in [0.05, 0.1) is 6.42 Å². The second-order valence-corrected chi connectivity index (χ2v) is 4.41. The van der Waals surface area contributed by atoms with E-state index in [2.05, 4.69) is 15.8 Å². The fourth-order valence-corrected chi connectivity index (χ4v) is 1.46. The number of benzene rings is 1. The Hall–Kier alpha value is -2.70. The predicted octanol–water partition coefficient (Wildman–Crippen LogP) is 1.02. The van der Waals surface area contributed by atoms with E-state index in [-0.39, 0.29) is 12.3 Å². The Morgan fingerprint density at radius 3 is 2.33 bits per heavy atom. The minimum atomic E-state index is -0.512. The number of rotatable bonds is 6. The van der Waals surface area contributed by atoms with Crippen LogP contribution >= 0.6 is 0 Å². The number of nitrogens with zero attached hydrogens (tertiary/aromatic N) is 1. The number of hydrogen-bond donors (Lipinski definition) is 3. The summed E-state index contributed by atoms with van der Waals surface area (Å²) in [6, 6.07) is 6.39. The number of amides is 3. The van der Waals surface area contributed by atoms with Gasteiger partial charge in [-0.3, -0.25) is 14.4 Å². The standard InChI is InChI=1S/C14H18N4O3/c1-3-13(20)16-11-6-4-10(5-7-11)14(21)18-17-9(2)8-12(15)19/h4-7H,3,8H2,1-2H3,(H2,15,19)(H,16,20)(H,18,21)/b17-9-. The van der Waals surface area contributed by atoms with Crippen molar-refractivity contribution in [1.82, 2.24) is 5.43 Å². The third-order valence-electron chi connectivity index (χ3n) is 2.53. The topological polar surface area (TPSA) is 114 Å². The van der Waals surface area contributed by atoms with Crippen LogP contribution in [0.25, 0.3) is 0 Å². The SMILES string of the molecule is CCC(=O)Nc1ccc(C(=O)N/N=C(/C)CC(N)=O)cc1. The van der Waals surface area contributed by atoms with Gasteiger partial charge in [0.1, 0.15) is 0 Å². The quantitative estimate of drug-likeness (QED) is 0.536. The Kier molecular flexibility index (Phi) is 6.06. The highest BCUT2D eigenvalue weighted by molar-refractivity contribution is 6.00. The molecule has 0 aliphatic carbocycles. The molecule has 0 heterocycles. The summed E-state index contributed by atoms with van der Waals surface area (Å²) in [5, 5.41) is 6.45. The average molecular weight is 290 g/mol. The van der Waals surface area contributed by atoms with Crippen molar-refractivity contribution in [3.63, 3.8) is 0 Å². The molecule has 1 rings (SSSR count). The molecule has 0 spiro atoms. The van der Waals surface area contributed by atoms with Crippen molar-refractivity contribution in [3.05, 3.63) is 29.8 Å². The lowest BCUT2D eigenvalue weighted by Gasteiger charge is -2.05. The molecule has 1 aromatic carbocycles. The Labute approximate surface area is 122 Å². The van der Waals surface area contributed by atoms with Crippen molar-refractivity contribution in [3.8, 4) is 0 Å². The molecule has 0 radical (unpaired) electrons. The smallest absolute Gasteiger partial charge is 0.271 e. The van der Waals surface area contributed by atoms with E-state index in [0.717, 1.165) is 0 Å². The second kappa shape index (κ2) is 7.78. The maximum Gasteiger partial charge on any atom is 0.271 e. The molecule has 0 aliphatic rings. The van der Waals surface area contributed by atoms with E-state index in [9.17, 15) is 14.4 Å². The highest BCUT2D eigenvalue weighted by atomic mass is 16.2. The predicted molar refractivity (Wildman–Crippen MR) is 79.7 cm³/mol. The number of nitrogens with one attached hydrogen (secondary N) is 2. The molecule has 0 bridgehead atoms. The lowest BCUT2D eigenvalue weighted by molar-refractivity contribution is -0.117. The van der Waals surface area contributed by atoms with E-state index >= 15 is 0 Å². The first kappa shape index (κ1) is 16.4. The van der Waals surface area contributed by atoms with E-state index in [1.807, 2.05) is 0 Å². The molecule has 112 valence electrons. The van der Waals surface area contributed by atoms with Crippen LogP contribution in [0.2, 0.25) is 0 Å². The molecular formula is C14H18N4O3. The van der Waals surface area contributed by atoms with Crippen LogP contribution in [0.1, 0.15) is 37.0 Å². The van der Waals surface area contributed by atoms with Crippen LogP contribution in [0.15, 0.2) is 29.4 Å². The van der Waals surface area contributed by atoms with Gasteiger partial charge in [-0.15, -0.1) is 0 Å². The number of anilines is 1. The number of carbonyl (C=O) groups excluding carboxylic acids is 3. The van der Waals surface area contributed by atoms with Crippen LogP contribution in [0, 0.1) is 0 Å². The molecule has 7 heteroatoms. The van der Waals surface area contributed by atoms with Gasteiger partial charge < -0.3 is 11.1 Å². The third kappa shape index (κ3) is 5.85. The fraction of sp³-hybridized carbons (Fsp3) is 0.286. The first-order chi connectivity index (χ1) is 9.92. The van der Waals surface area contributed by atoms with Gasteiger partial charge in [-0.2, -0.15) is 5.10 Å². The molecular weight excluding hydrogens is 272 g/mol. The summed E-state index contributed by atoms with van der Waals surface area (Å²) in [6.07, 6.45) is 0.373. The van der Waals surface area contributed by atoms with Crippen LogP contribution in [0.3, 0.4) is 0 Å². The summed E-state index contributed by atoms with van der Waals surface area (Å²) in [4.78, 5) is 33.7. The van der Waals surface area contributed by atoms with Gasteiger partial charge in [0.25, 0.3) is 5.91 Å². The van der Waals surface area contributed by atoms with Gasteiger partial charge in [-0.25, -0.2) is 5.43 Å². The normalized spacial score (nSPS) is 10.9. The van der Waals surface area contributed by atoms with Gasteiger partial charge in [0.15, 0.2) is 0 Å². The van der Waals surface area contributed by atoms with Gasteiger partial charge in [0.2, 0.25) is 11.8 Å². The van der Waals surface area contributed by atoms with Gasteiger partial charge >= 0.3 is 0 Å². The first-order valence-corrected chi connectivity index (χ1v) is 6.44. The molecule has 0 unspecified atom stereocenters. The minimum absolute atomic E-state index is 0.0116. The number of hydrazone groups is 1. The van der Waals surface area contributed by atoms with Crippen LogP contribution in [0.5, 0.6) is 0 Å². The Morgan fingerprint density at radius 2 is 1.81 bits per heavy atom. The molecule has 0 atom stereocenters. The monoisotopic (exact) mass is 290 g/mol. The number of primary amides is 1. The summed E-state index contributed by atoms with van der Waals surface area (Å²) < 4.78 is 0. The second-order valence-electron chi connectivity index (χ2n) is 4.41. The molecule has 7 nitrogen and oxygen atoms in total. The van der Waals surface area contributed by atoms with E-state index < -0.39 is 11.8 Å². The molecule has 0 aliphatic heterocycles. The molecule has 0 saturated carbocycles. The maximum atomic E-state index is 11.8. The highest BCUT2D eigenvalue weighted by Gasteiger charge is 2.06. The van der Waals surface area contributed by atoms with Crippen molar-refractivity contribution < 1.29 is 14.4 Å². The fourth-order valence-electron chi connectivity index (χ4n) is 1.46. The molecule has 4 N–H and O–H groups in total. The van der Waals surface area contributed by atoms with Crippen molar-refractivity contribution in [2.75, 3.05) is 5.32 Å². The largest absolute Gasteiger partial charge is 0.369 e. The Morgan fingerprint density at radius 1 is 1.19 bits per heavy atom. The van der Waals surface area contributed by atoms with E-state index in [1.54, 1.807) is 38.1 Å². The number of carbonyl (C=O) groups is 3. The zero-order valence-corrected chi connectivity index (χ0v) is 12.0. The van der Waals surface area contributed by atoms with Crippen LogP contribution < -0.4 is 16.5 Å². The Balaban J connectivity index is 2.63. The summed E-state index contributed by atoms with van der Waals surface area (Å²) in [5.41, 5.74) is 8.77. The summed E-state index contributed by atoms with van der Waals surface area (Å²) in [5.74, 6) is -1.02. The van der Waals surface area contributed by atoms with Crippen LogP contribution in [0.4, 0.5) is 5.69 Å². The van der Waals surface area contributed by atoms with Crippen LogP contribution in [-0.4, -0.2) is 23.4 Å². The lowest BCUT2D eigenvalue weighted by Crippen LogP contribution is -2.21. The first-order valence-electron chi connectivity index (χ1n) is 6.44. The van der Waals surface area contributed by atoms with E-state index in [1.165, 1.54) is 0 Å². The maximum absolute atomic E-state index is 11.8. The van der Waals surface area contributed by atoms with Crippen molar-refractivity contribution >= 4 is 29.1 Å². The molecule has 1 aromatic rings. The summed E-state index contributed by atoms with van der Waals surface area (Å²) in [6.45, 7) is 3.35. The molecule has 21 heavy (non-hydrogen) atoms. The Bertz CT molecular complexity index is 564. The molecule has 0 saturated heterocycles. The highest BCUT2D eigenvalue weighted by Crippen LogP contribution is 2.09. The third-order valence-corrected chi connectivity index (χ3v) is 2.53. The van der Waals surface area contributed by atoms with Crippen molar-refractivity contribution in [2.45, 2.75) is 26.7 Å². The molecule has 0 fully saturated rings. The van der Waals surface area contributed by atoms with Gasteiger partial charge in [-0.05, 0) is 31.2 Å². The zero-order chi connectivity index (χ0) is 15.8. The summed E-state index contributed by atoms with van der Waals surface area (Å²) in [7, 11) is 0. The average Bonchev–Trinajstić information content (AvgIpc) is 2.44. The van der Waals surface area contributed by atoms with E-state index in [0.29, 0.717) is 23.4 Å². The number of nitrogens with two attached hydrogens (primary N) is 1. The lowest BCUT2D eigenvalue weighted by atomic mass is 10.2. The summed E-state index contributed by atoms with van der Waals surface area (Å²) >= 11 is 0. The van der Waals surface area contributed by atoms with E-state index in [4.69, 9.17) is 5.73 Å². The van der Waals surface area contributed by atoms with Gasteiger partial charge in [0, 0.05) is 23.4 Å². The molecule has 0 aromatic heterocycles. The zero-order valence-electron chi connectivity index (χ0n) is 12.0.